The lowest BCUT2D eigenvalue weighted by Crippen LogP contribution is -2.68. The van der Waals surface area contributed by atoms with Gasteiger partial charge in [-0.3, -0.25) is 0 Å². The molecule has 2 saturated heterocycles. The zero-order chi connectivity index (χ0) is 28.1. The van der Waals surface area contributed by atoms with Crippen molar-refractivity contribution in [2.45, 2.75) is 114 Å². The van der Waals surface area contributed by atoms with E-state index in [4.69, 9.17) is 18.9 Å². The van der Waals surface area contributed by atoms with Gasteiger partial charge in [-0.1, -0.05) is 26.8 Å². The lowest BCUT2D eigenvalue weighted by atomic mass is 9.70. The van der Waals surface area contributed by atoms with E-state index in [9.17, 15) is 35.4 Å². The number of aliphatic hydroxyl groups is 6. The molecule has 0 aromatic rings. The topological polar surface area (TPSA) is 175 Å². The first-order valence-corrected chi connectivity index (χ1v) is 12.9. The third-order valence-electron chi connectivity index (χ3n) is 8.08. The van der Waals surface area contributed by atoms with E-state index in [2.05, 4.69) is 0 Å². The van der Waals surface area contributed by atoms with Crippen LogP contribution >= 0.6 is 0 Å². The first kappa shape index (κ1) is 32.1. The number of aliphatic hydroxyl groups excluding tert-OH is 5. The summed E-state index contributed by atoms with van der Waals surface area (Å²) in [6.45, 7) is 6.65. The van der Waals surface area contributed by atoms with E-state index in [0.717, 1.165) is 0 Å². The van der Waals surface area contributed by atoms with Crippen molar-refractivity contribution in [3.63, 3.8) is 0 Å². The van der Waals surface area contributed by atoms with Gasteiger partial charge in [-0.05, 0) is 18.9 Å². The fourth-order valence-electron chi connectivity index (χ4n) is 5.10. The number of carbonyl (C=O) groups is 1. The summed E-state index contributed by atoms with van der Waals surface area (Å²) in [5.41, 5.74) is -0.816. The zero-order valence-corrected chi connectivity index (χ0v) is 22.7. The van der Waals surface area contributed by atoms with E-state index >= 15 is 0 Å². The summed E-state index contributed by atoms with van der Waals surface area (Å²) in [6, 6.07) is 0. The molecule has 2 rings (SSSR count). The molecule has 2 bridgehead atoms. The minimum absolute atomic E-state index is 0.00603. The van der Waals surface area contributed by atoms with E-state index in [-0.39, 0.29) is 38.2 Å². The SMILES string of the molecule is CCC(/C=C(\C)C1CC(OC)CC(O)C(C)(C)C2(O)OC(CC(O)C(O)C(=O)O1)CC(OC)C2O)CO. The summed E-state index contributed by atoms with van der Waals surface area (Å²) >= 11 is 0. The molecule has 0 aromatic carbocycles. The highest BCUT2D eigenvalue weighted by Crippen LogP contribution is 2.46. The third kappa shape index (κ3) is 7.09. The maximum Gasteiger partial charge on any atom is 0.338 e. The van der Waals surface area contributed by atoms with Gasteiger partial charge in [0.25, 0.3) is 0 Å². The van der Waals surface area contributed by atoms with Crippen molar-refractivity contribution < 1.29 is 54.4 Å². The number of ether oxygens (including phenoxy) is 4. The maximum atomic E-state index is 12.9. The Bertz CT molecular complexity index is 768. The number of methoxy groups -OCH3 is 2. The molecule has 2 aliphatic rings. The molecule has 11 nitrogen and oxygen atoms in total. The summed E-state index contributed by atoms with van der Waals surface area (Å²) < 4.78 is 22.4. The highest BCUT2D eigenvalue weighted by Gasteiger charge is 2.60. The standard InChI is InChI=1S/C26H46O11/c1-7-15(13-27)8-14(2)19-10-16(34-5)12-21(29)25(3,4)26(33)23(31)20(35-6)11-17(37-26)9-18(28)22(30)24(32)36-19/h8,15-23,27-31,33H,7,9-13H2,1-6H3/b14-8+. The van der Waals surface area contributed by atoms with Gasteiger partial charge in [-0.15, -0.1) is 0 Å². The molecular weight excluding hydrogens is 488 g/mol. The van der Waals surface area contributed by atoms with Gasteiger partial charge in [-0.25, -0.2) is 4.79 Å². The number of carbonyl (C=O) groups excluding carboxylic acids is 1. The van der Waals surface area contributed by atoms with Gasteiger partial charge in [0.1, 0.15) is 12.2 Å². The summed E-state index contributed by atoms with van der Waals surface area (Å²) in [7, 11) is 2.79. The van der Waals surface area contributed by atoms with Crippen molar-refractivity contribution in [1.29, 1.82) is 0 Å². The second-order valence-corrected chi connectivity index (χ2v) is 10.9. The normalized spacial score (nSPS) is 41.0. The van der Waals surface area contributed by atoms with Crippen LogP contribution in [0.4, 0.5) is 0 Å². The van der Waals surface area contributed by atoms with Crippen molar-refractivity contribution >= 4 is 5.97 Å². The van der Waals surface area contributed by atoms with Crippen molar-refractivity contribution in [1.82, 2.24) is 0 Å². The smallest absolute Gasteiger partial charge is 0.338 e. The Labute approximate surface area is 219 Å². The quantitative estimate of drug-likeness (QED) is 0.200. The first-order valence-electron chi connectivity index (χ1n) is 12.9. The highest BCUT2D eigenvalue weighted by atomic mass is 16.7. The second kappa shape index (κ2) is 13.3. The van der Waals surface area contributed by atoms with Crippen LogP contribution in [-0.2, 0) is 23.7 Å². The van der Waals surface area contributed by atoms with Crippen LogP contribution in [0, 0.1) is 11.3 Å². The fourth-order valence-corrected chi connectivity index (χ4v) is 5.10. The van der Waals surface area contributed by atoms with E-state index in [1.807, 2.05) is 6.92 Å². The van der Waals surface area contributed by atoms with Crippen LogP contribution in [-0.4, -0.2) is 112 Å². The highest BCUT2D eigenvalue weighted by molar-refractivity contribution is 5.75. The number of hydrogen-bond donors (Lipinski definition) is 6. The van der Waals surface area contributed by atoms with E-state index < -0.39 is 66.0 Å². The van der Waals surface area contributed by atoms with Crippen LogP contribution in [0.2, 0.25) is 0 Å². The minimum Gasteiger partial charge on any atom is -0.456 e. The molecule has 0 aliphatic carbocycles. The van der Waals surface area contributed by atoms with Crippen LogP contribution in [0.15, 0.2) is 11.6 Å². The van der Waals surface area contributed by atoms with Gasteiger partial charge in [-0.2, -0.15) is 0 Å². The molecule has 0 radical (unpaired) electrons. The lowest BCUT2D eigenvalue weighted by Gasteiger charge is -2.53. The molecule has 216 valence electrons. The molecule has 0 aromatic heterocycles. The Balaban J connectivity index is 2.52. The van der Waals surface area contributed by atoms with Crippen LogP contribution in [0.3, 0.4) is 0 Å². The van der Waals surface area contributed by atoms with Crippen LogP contribution in [0.5, 0.6) is 0 Å². The molecule has 37 heavy (non-hydrogen) atoms. The van der Waals surface area contributed by atoms with E-state index in [1.165, 1.54) is 14.2 Å². The number of fused-ring (bicyclic) bond motifs is 2. The van der Waals surface area contributed by atoms with Crippen LogP contribution < -0.4 is 0 Å². The van der Waals surface area contributed by atoms with Crippen molar-refractivity contribution in [3.05, 3.63) is 11.6 Å². The molecule has 0 spiro atoms. The molecular formula is C26H46O11. The van der Waals surface area contributed by atoms with Crippen molar-refractivity contribution in [2.24, 2.45) is 11.3 Å². The molecule has 2 heterocycles. The average molecular weight is 535 g/mol. The first-order chi connectivity index (χ1) is 17.2. The summed E-state index contributed by atoms with van der Waals surface area (Å²) in [6.07, 6.45) is -7.30. The van der Waals surface area contributed by atoms with Gasteiger partial charge < -0.3 is 49.6 Å². The summed E-state index contributed by atoms with van der Waals surface area (Å²) in [5, 5.41) is 64.7. The largest absolute Gasteiger partial charge is 0.456 e. The number of hydrogen-bond acceptors (Lipinski definition) is 11. The second-order valence-electron chi connectivity index (χ2n) is 10.9. The summed E-state index contributed by atoms with van der Waals surface area (Å²) in [4.78, 5) is 12.9. The van der Waals surface area contributed by atoms with Gasteiger partial charge in [0.05, 0.1) is 30.5 Å². The number of esters is 1. The molecule has 0 amide bonds. The molecule has 0 saturated carbocycles. The Morgan fingerprint density at radius 3 is 2.30 bits per heavy atom. The van der Waals surface area contributed by atoms with E-state index in [0.29, 0.717) is 12.0 Å². The average Bonchev–Trinajstić information content (AvgIpc) is 2.86. The molecule has 11 heteroatoms. The van der Waals surface area contributed by atoms with E-state index in [1.54, 1.807) is 26.8 Å². The van der Waals surface area contributed by atoms with Gasteiger partial charge in [0.15, 0.2) is 6.10 Å². The molecule has 10 unspecified atom stereocenters. The van der Waals surface area contributed by atoms with Crippen LogP contribution in [0.25, 0.3) is 0 Å². The predicted molar refractivity (Wildman–Crippen MR) is 132 cm³/mol. The van der Waals surface area contributed by atoms with Gasteiger partial charge >= 0.3 is 5.97 Å². The predicted octanol–water partition coefficient (Wildman–Crippen LogP) is 0.0242. The van der Waals surface area contributed by atoms with Crippen LogP contribution in [0.1, 0.15) is 59.8 Å². The number of rotatable bonds is 6. The zero-order valence-electron chi connectivity index (χ0n) is 22.7. The number of cyclic esters (lactones) is 1. The van der Waals surface area contributed by atoms with Gasteiger partial charge in [0, 0.05) is 57.8 Å². The molecule has 10 atom stereocenters. The van der Waals surface area contributed by atoms with Crippen molar-refractivity contribution in [3.8, 4) is 0 Å². The Hall–Kier alpha value is -1.15. The third-order valence-corrected chi connectivity index (χ3v) is 8.08. The monoisotopic (exact) mass is 534 g/mol. The lowest BCUT2D eigenvalue weighted by molar-refractivity contribution is -0.379. The van der Waals surface area contributed by atoms with Crippen molar-refractivity contribution in [2.75, 3.05) is 20.8 Å². The van der Waals surface area contributed by atoms with Gasteiger partial charge in [0.2, 0.25) is 5.79 Å². The molecule has 6 N–H and O–H groups in total. The molecule has 2 aliphatic heterocycles. The fraction of sp³-hybridized carbons (Fsp3) is 0.885. The Kier molecular flexibility index (Phi) is 11.5. The molecule has 2 fully saturated rings. The minimum atomic E-state index is -2.28. The maximum absolute atomic E-state index is 12.9. The Morgan fingerprint density at radius 2 is 1.76 bits per heavy atom. The Morgan fingerprint density at radius 1 is 1.11 bits per heavy atom. The summed E-state index contributed by atoms with van der Waals surface area (Å²) in [5.74, 6) is -3.51.